The zero-order valence-corrected chi connectivity index (χ0v) is 16.0. The van der Waals surface area contributed by atoms with Crippen LogP contribution < -0.4 is 9.47 Å². The molecule has 0 amide bonds. The molecule has 0 spiro atoms. The number of esters is 1. The van der Waals surface area contributed by atoms with Gasteiger partial charge in [0, 0.05) is 10.6 Å². The molecule has 4 nitrogen and oxygen atoms in total. The third-order valence-electron chi connectivity index (χ3n) is 3.38. The summed E-state index contributed by atoms with van der Waals surface area (Å²) in [6, 6.07) is 10.5. The lowest BCUT2D eigenvalue weighted by atomic mass is 10.1. The van der Waals surface area contributed by atoms with E-state index in [9.17, 15) is 4.79 Å². The van der Waals surface area contributed by atoms with E-state index in [4.69, 9.17) is 25.8 Å². The maximum atomic E-state index is 12.5. The van der Waals surface area contributed by atoms with Gasteiger partial charge in [-0.3, -0.25) is 0 Å². The van der Waals surface area contributed by atoms with E-state index >= 15 is 0 Å². The minimum Gasteiger partial charge on any atom is -0.492 e. The quantitative estimate of drug-likeness (QED) is 0.593. The van der Waals surface area contributed by atoms with Crippen molar-refractivity contribution in [1.82, 2.24) is 0 Å². The lowest BCUT2D eigenvalue weighted by molar-refractivity contribution is 0.0337. The number of carbonyl (C=O) groups excluding carboxylic acids is 1. The first-order valence-corrected chi connectivity index (χ1v) is 8.60. The molecule has 1 atom stereocenters. The van der Waals surface area contributed by atoms with Gasteiger partial charge in [0.25, 0.3) is 0 Å². The fourth-order valence-corrected chi connectivity index (χ4v) is 3.14. The molecule has 0 aliphatic carbocycles. The van der Waals surface area contributed by atoms with Crippen molar-refractivity contribution >= 4 is 33.5 Å². The minimum atomic E-state index is -0.470. The molecule has 0 N–H and O–H groups in total. The molecule has 0 aromatic heterocycles. The van der Waals surface area contributed by atoms with Gasteiger partial charge in [-0.1, -0.05) is 29.8 Å². The second kappa shape index (κ2) is 8.40. The summed E-state index contributed by atoms with van der Waals surface area (Å²) in [6.07, 6.45) is -0.470. The molecule has 2 aromatic carbocycles. The average molecular weight is 414 g/mol. The Hall–Kier alpha value is -1.72. The third-order valence-corrected chi connectivity index (χ3v) is 4.31. The first-order chi connectivity index (χ1) is 11.5. The van der Waals surface area contributed by atoms with Crippen LogP contribution >= 0.6 is 27.5 Å². The summed E-state index contributed by atoms with van der Waals surface area (Å²) in [5, 5.41) is 0.559. The van der Waals surface area contributed by atoms with Gasteiger partial charge in [0.2, 0.25) is 0 Å². The van der Waals surface area contributed by atoms with Crippen LogP contribution in [0, 0.1) is 0 Å². The fourth-order valence-electron chi connectivity index (χ4n) is 2.24. The van der Waals surface area contributed by atoms with Crippen LogP contribution in [0.3, 0.4) is 0 Å². The van der Waals surface area contributed by atoms with E-state index in [1.807, 2.05) is 25.1 Å². The first-order valence-electron chi connectivity index (χ1n) is 7.43. The monoisotopic (exact) mass is 412 g/mol. The maximum absolute atomic E-state index is 12.5. The van der Waals surface area contributed by atoms with Crippen LogP contribution in [0.15, 0.2) is 40.9 Å². The summed E-state index contributed by atoms with van der Waals surface area (Å²) in [6.45, 7) is 4.09. The van der Waals surface area contributed by atoms with Gasteiger partial charge in [0.05, 0.1) is 23.8 Å². The van der Waals surface area contributed by atoms with Crippen LogP contribution in [-0.4, -0.2) is 19.7 Å². The SMILES string of the molecule is CCOc1cc(C(=O)O[C@H](C)c2ccccc2Cl)cc(Br)c1OC. The largest absolute Gasteiger partial charge is 0.492 e. The molecule has 0 fully saturated rings. The highest BCUT2D eigenvalue weighted by Crippen LogP contribution is 2.37. The van der Waals surface area contributed by atoms with Crippen molar-refractivity contribution in [3.8, 4) is 11.5 Å². The highest BCUT2D eigenvalue weighted by molar-refractivity contribution is 9.10. The minimum absolute atomic E-state index is 0.366. The van der Waals surface area contributed by atoms with Crippen molar-refractivity contribution in [3.63, 3.8) is 0 Å². The fraction of sp³-hybridized carbons (Fsp3) is 0.278. The molecule has 0 aliphatic heterocycles. The van der Waals surface area contributed by atoms with Gasteiger partial charge >= 0.3 is 5.97 Å². The average Bonchev–Trinajstić information content (AvgIpc) is 2.55. The maximum Gasteiger partial charge on any atom is 0.338 e. The molecule has 0 heterocycles. The second-order valence-corrected chi connectivity index (χ2v) is 6.25. The predicted octanol–water partition coefficient (Wildman–Crippen LogP) is 5.43. The Morgan fingerprint density at radius 2 is 2.00 bits per heavy atom. The molecule has 128 valence electrons. The molecule has 0 aliphatic rings. The van der Waals surface area contributed by atoms with Gasteiger partial charge in [-0.2, -0.15) is 0 Å². The summed E-state index contributed by atoms with van der Waals surface area (Å²) in [5.41, 5.74) is 1.12. The summed E-state index contributed by atoms with van der Waals surface area (Å²) >= 11 is 9.53. The Morgan fingerprint density at radius 1 is 1.29 bits per heavy atom. The molecular formula is C18H18BrClO4. The van der Waals surface area contributed by atoms with Crippen molar-refractivity contribution < 1.29 is 19.0 Å². The molecule has 2 aromatic rings. The van der Waals surface area contributed by atoms with E-state index in [2.05, 4.69) is 15.9 Å². The van der Waals surface area contributed by atoms with E-state index in [-0.39, 0.29) is 0 Å². The predicted molar refractivity (Wildman–Crippen MR) is 97.1 cm³/mol. The number of hydrogen-bond donors (Lipinski definition) is 0. The lowest BCUT2D eigenvalue weighted by Crippen LogP contribution is -2.10. The summed E-state index contributed by atoms with van der Waals surface area (Å²) in [7, 11) is 1.54. The number of rotatable bonds is 6. The molecule has 0 saturated carbocycles. The second-order valence-electron chi connectivity index (χ2n) is 4.99. The summed E-state index contributed by atoms with van der Waals surface area (Å²) in [4.78, 5) is 12.5. The smallest absolute Gasteiger partial charge is 0.338 e. The van der Waals surface area contributed by atoms with E-state index in [1.165, 1.54) is 0 Å². The van der Waals surface area contributed by atoms with Gasteiger partial charge in [-0.05, 0) is 48.0 Å². The Labute approximate surface area is 154 Å². The van der Waals surface area contributed by atoms with Gasteiger partial charge in [0.1, 0.15) is 6.10 Å². The van der Waals surface area contributed by atoms with E-state index in [1.54, 1.807) is 32.2 Å². The Morgan fingerprint density at radius 3 is 2.62 bits per heavy atom. The number of carbonyl (C=O) groups is 1. The highest BCUT2D eigenvalue weighted by Gasteiger charge is 2.19. The topological polar surface area (TPSA) is 44.8 Å². The van der Waals surface area contributed by atoms with Crippen LogP contribution in [0.25, 0.3) is 0 Å². The zero-order chi connectivity index (χ0) is 17.7. The molecule has 0 unspecified atom stereocenters. The number of ether oxygens (including phenoxy) is 3. The van der Waals surface area contributed by atoms with Crippen LogP contribution in [0.5, 0.6) is 11.5 Å². The van der Waals surface area contributed by atoms with Crippen molar-refractivity contribution in [3.05, 3.63) is 57.0 Å². The molecule has 0 radical (unpaired) electrons. The van der Waals surface area contributed by atoms with Crippen LogP contribution in [0.2, 0.25) is 5.02 Å². The van der Waals surface area contributed by atoms with E-state index in [0.29, 0.717) is 33.2 Å². The van der Waals surface area contributed by atoms with E-state index in [0.717, 1.165) is 5.56 Å². The molecule has 6 heteroatoms. The first kappa shape index (κ1) is 18.6. The Bertz CT molecular complexity index is 733. The lowest BCUT2D eigenvalue weighted by Gasteiger charge is -2.16. The molecule has 24 heavy (non-hydrogen) atoms. The highest BCUT2D eigenvalue weighted by atomic mass is 79.9. The third kappa shape index (κ3) is 4.22. The van der Waals surface area contributed by atoms with Crippen molar-refractivity contribution in [2.45, 2.75) is 20.0 Å². The number of benzene rings is 2. The molecule has 0 bridgehead atoms. The normalized spacial score (nSPS) is 11.7. The molecule has 0 saturated heterocycles. The van der Waals surface area contributed by atoms with Gasteiger partial charge < -0.3 is 14.2 Å². The van der Waals surface area contributed by atoms with Crippen LogP contribution in [-0.2, 0) is 4.74 Å². The number of halogens is 2. The zero-order valence-electron chi connectivity index (χ0n) is 13.6. The Balaban J connectivity index is 2.25. The van der Waals surface area contributed by atoms with Gasteiger partial charge in [0.15, 0.2) is 11.5 Å². The standard InChI is InChI=1S/C18H18BrClO4/c1-4-23-16-10-12(9-14(19)17(16)22-3)18(21)24-11(2)13-7-5-6-8-15(13)20/h5-11H,4H2,1-3H3/t11-/m1/s1. The van der Waals surface area contributed by atoms with Gasteiger partial charge in [-0.25, -0.2) is 4.79 Å². The van der Waals surface area contributed by atoms with Crippen molar-refractivity contribution in [2.24, 2.45) is 0 Å². The van der Waals surface area contributed by atoms with Gasteiger partial charge in [-0.15, -0.1) is 0 Å². The Kier molecular flexibility index (Phi) is 6.52. The van der Waals surface area contributed by atoms with Crippen molar-refractivity contribution in [1.29, 1.82) is 0 Å². The summed E-state index contributed by atoms with van der Waals surface area (Å²) < 4.78 is 17.0. The van der Waals surface area contributed by atoms with Crippen molar-refractivity contribution in [2.75, 3.05) is 13.7 Å². The summed E-state index contributed by atoms with van der Waals surface area (Å²) in [5.74, 6) is 0.547. The number of hydrogen-bond acceptors (Lipinski definition) is 4. The molecular weight excluding hydrogens is 396 g/mol. The van der Waals surface area contributed by atoms with E-state index < -0.39 is 12.1 Å². The van der Waals surface area contributed by atoms with Crippen LogP contribution in [0.4, 0.5) is 0 Å². The van der Waals surface area contributed by atoms with Crippen LogP contribution in [0.1, 0.15) is 35.9 Å². The molecule has 2 rings (SSSR count). The number of methoxy groups -OCH3 is 1.